The topological polar surface area (TPSA) is 66.8 Å². The molecule has 0 radical (unpaired) electrons. The summed E-state index contributed by atoms with van der Waals surface area (Å²) in [4.78, 5) is 25.4. The van der Waals surface area contributed by atoms with Crippen LogP contribution >= 0.6 is 0 Å². The third-order valence-electron chi connectivity index (χ3n) is 4.46. The van der Waals surface area contributed by atoms with Gasteiger partial charge >= 0.3 is 5.97 Å². The molecule has 0 aromatic heterocycles. The first-order chi connectivity index (χ1) is 10.0. The normalized spacial score (nSPS) is 23.7. The number of nitrogens with zero attached hydrogens (tertiary/aromatic N) is 1. The van der Waals surface area contributed by atoms with Gasteiger partial charge in [0, 0.05) is 6.54 Å². The molecule has 0 bridgehead atoms. The maximum absolute atomic E-state index is 12.5. The van der Waals surface area contributed by atoms with Crippen molar-refractivity contribution in [2.24, 2.45) is 5.41 Å². The Labute approximate surface area is 123 Å². The van der Waals surface area contributed by atoms with Gasteiger partial charge in [0.25, 0.3) is 0 Å². The summed E-state index contributed by atoms with van der Waals surface area (Å²) in [5.74, 6) is -1.25. The van der Waals surface area contributed by atoms with E-state index in [2.05, 4.69) is 0 Å². The van der Waals surface area contributed by atoms with Crippen molar-refractivity contribution >= 4 is 11.9 Å². The fourth-order valence-corrected chi connectivity index (χ4v) is 2.92. The quantitative estimate of drug-likeness (QED) is 0.861. The maximum atomic E-state index is 12.5. The number of amides is 1. The molecule has 5 nitrogen and oxygen atoms in total. The number of aliphatic carboxylic acids is 1. The number of aryl methyl sites for hydroxylation is 1. The first-order valence-electron chi connectivity index (χ1n) is 7.24. The van der Waals surface area contributed by atoms with Crippen molar-refractivity contribution in [3.8, 4) is 0 Å². The van der Waals surface area contributed by atoms with Gasteiger partial charge in [-0.05, 0) is 30.9 Å². The van der Waals surface area contributed by atoms with Gasteiger partial charge in [-0.2, -0.15) is 0 Å². The lowest BCUT2D eigenvalue weighted by Crippen LogP contribution is -2.47. The molecule has 3 rings (SSSR count). The smallest absolute Gasteiger partial charge is 0.319 e. The van der Waals surface area contributed by atoms with E-state index in [4.69, 9.17) is 4.74 Å². The minimum absolute atomic E-state index is 0.173. The Hall–Kier alpha value is -1.88. The molecule has 1 aromatic rings. The molecule has 1 atom stereocenters. The van der Waals surface area contributed by atoms with E-state index in [1.54, 1.807) is 4.90 Å². The highest BCUT2D eigenvalue weighted by Crippen LogP contribution is 2.48. The Bertz CT molecular complexity index is 579. The predicted octanol–water partition coefficient (Wildman–Crippen LogP) is 1.76. The third-order valence-corrected chi connectivity index (χ3v) is 4.46. The summed E-state index contributed by atoms with van der Waals surface area (Å²) in [5.41, 5.74) is 1.03. The number of carbonyl (C=O) groups excluding carboxylic acids is 1. The number of carboxylic acids is 1. The second-order valence-electron chi connectivity index (χ2n) is 5.85. The van der Waals surface area contributed by atoms with E-state index in [1.165, 1.54) is 0 Å². The third kappa shape index (κ3) is 2.42. The molecule has 2 fully saturated rings. The largest absolute Gasteiger partial charge is 0.480 e. The molecule has 21 heavy (non-hydrogen) atoms. The SMILES string of the molecule is Cc1ccccc1[C@@H]1CN(C(=O)C2(C(=O)O)CC2)CCO1. The van der Waals surface area contributed by atoms with E-state index < -0.39 is 11.4 Å². The van der Waals surface area contributed by atoms with E-state index in [0.29, 0.717) is 32.5 Å². The highest BCUT2D eigenvalue weighted by molar-refractivity contribution is 6.04. The fourth-order valence-electron chi connectivity index (χ4n) is 2.92. The molecule has 1 aliphatic heterocycles. The average molecular weight is 289 g/mol. The summed E-state index contributed by atoms with van der Waals surface area (Å²) < 4.78 is 5.78. The molecular formula is C16H19NO4. The Balaban J connectivity index is 1.76. The van der Waals surface area contributed by atoms with Crippen molar-refractivity contribution < 1.29 is 19.4 Å². The van der Waals surface area contributed by atoms with Gasteiger partial charge in [-0.1, -0.05) is 24.3 Å². The lowest BCUT2D eigenvalue weighted by atomic mass is 10.0. The van der Waals surface area contributed by atoms with Crippen LogP contribution in [0.2, 0.25) is 0 Å². The molecule has 1 N–H and O–H groups in total. The van der Waals surface area contributed by atoms with Crippen LogP contribution in [0.4, 0.5) is 0 Å². The molecule has 0 unspecified atom stereocenters. The van der Waals surface area contributed by atoms with Gasteiger partial charge in [0.15, 0.2) is 0 Å². The molecule has 1 heterocycles. The molecule has 1 aromatic carbocycles. The summed E-state index contributed by atoms with van der Waals surface area (Å²) in [6.45, 7) is 3.36. The van der Waals surface area contributed by atoms with Crippen LogP contribution in [-0.2, 0) is 14.3 Å². The van der Waals surface area contributed by atoms with Crippen LogP contribution in [0.5, 0.6) is 0 Å². The van der Waals surface area contributed by atoms with Gasteiger partial charge in [-0.25, -0.2) is 0 Å². The molecule has 1 saturated heterocycles. The summed E-state index contributed by atoms with van der Waals surface area (Å²) in [5, 5.41) is 9.25. The van der Waals surface area contributed by atoms with E-state index in [9.17, 15) is 14.7 Å². The maximum Gasteiger partial charge on any atom is 0.319 e. The average Bonchev–Trinajstić information content (AvgIpc) is 3.29. The van der Waals surface area contributed by atoms with Crippen LogP contribution in [0, 0.1) is 12.3 Å². The summed E-state index contributed by atoms with van der Waals surface area (Å²) in [6.07, 6.45) is 0.731. The van der Waals surface area contributed by atoms with Gasteiger partial charge in [-0.15, -0.1) is 0 Å². The van der Waals surface area contributed by atoms with Gasteiger partial charge < -0.3 is 14.7 Å². The van der Waals surface area contributed by atoms with Crippen molar-refractivity contribution in [1.29, 1.82) is 0 Å². The number of benzene rings is 1. The highest BCUT2D eigenvalue weighted by Gasteiger charge is 2.58. The van der Waals surface area contributed by atoms with Crippen LogP contribution in [0.1, 0.15) is 30.1 Å². The summed E-state index contributed by atoms with van der Waals surface area (Å²) >= 11 is 0. The monoisotopic (exact) mass is 289 g/mol. The van der Waals surface area contributed by atoms with Crippen LogP contribution in [-0.4, -0.2) is 41.6 Å². The van der Waals surface area contributed by atoms with E-state index in [1.807, 2.05) is 31.2 Å². The van der Waals surface area contributed by atoms with Crippen molar-refractivity contribution in [3.63, 3.8) is 0 Å². The van der Waals surface area contributed by atoms with Gasteiger partial charge in [-0.3, -0.25) is 9.59 Å². The van der Waals surface area contributed by atoms with Gasteiger partial charge in [0.2, 0.25) is 5.91 Å². The molecule has 1 saturated carbocycles. The zero-order valence-electron chi connectivity index (χ0n) is 12.0. The van der Waals surface area contributed by atoms with E-state index in [-0.39, 0.29) is 12.0 Å². The zero-order valence-corrected chi connectivity index (χ0v) is 12.0. The Kier molecular flexibility index (Phi) is 3.45. The Morgan fingerprint density at radius 3 is 2.67 bits per heavy atom. The molecule has 112 valence electrons. The Morgan fingerprint density at radius 1 is 1.33 bits per heavy atom. The van der Waals surface area contributed by atoms with Crippen molar-refractivity contribution in [2.45, 2.75) is 25.9 Å². The van der Waals surface area contributed by atoms with Gasteiger partial charge in [0.05, 0.1) is 13.2 Å². The number of hydrogen-bond donors (Lipinski definition) is 1. The molecule has 2 aliphatic rings. The lowest BCUT2D eigenvalue weighted by Gasteiger charge is -2.35. The minimum atomic E-state index is -1.16. The second-order valence-corrected chi connectivity index (χ2v) is 5.85. The van der Waals surface area contributed by atoms with Crippen LogP contribution in [0.3, 0.4) is 0 Å². The first kappa shape index (κ1) is 14.1. The first-order valence-corrected chi connectivity index (χ1v) is 7.24. The molecule has 5 heteroatoms. The van der Waals surface area contributed by atoms with Crippen molar-refractivity contribution in [3.05, 3.63) is 35.4 Å². The number of ether oxygens (including phenoxy) is 1. The van der Waals surface area contributed by atoms with Crippen LogP contribution in [0.15, 0.2) is 24.3 Å². The standard InChI is InChI=1S/C16H19NO4/c1-11-4-2-3-5-12(11)13-10-17(8-9-21-13)14(18)16(6-7-16)15(19)20/h2-5,13H,6-10H2,1H3,(H,19,20)/t13-/m0/s1. The summed E-state index contributed by atoms with van der Waals surface area (Å²) in [7, 11) is 0. The minimum Gasteiger partial charge on any atom is -0.480 e. The van der Waals surface area contributed by atoms with Crippen molar-refractivity contribution in [2.75, 3.05) is 19.7 Å². The second kappa shape index (κ2) is 5.15. The molecular weight excluding hydrogens is 270 g/mol. The predicted molar refractivity (Wildman–Crippen MR) is 75.8 cm³/mol. The molecule has 1 aliphatic carbocycles. The van der Waals surface area contributed by atoms with Gasteiger partial charge in [0.1, 0.15) is 11.5 Å². The van der Waals surface area contributed by atoms with Crippen LogP contribution in [0.25, 0.3) is 0 Å². The number of morpholine rings is 1. The fraction of sp³-hybridized carbons (Fsp3) is 0.500. The number of hydrogen-bond acceptors (Lipinski definition) is 3. The molecule has 0 spiro atoms. The number of carboxylic acid groups (broad SMARTS) is 1. The highest BCUT2D eigenvalue weighted by atomic mass is 16.5. The summed E-state index contributed by atoms with van der Waals surface area (Å²) in [6, 6.07) is 7.93. The van der Waals surface area contributed by atoms with E-state index in [0.717, 1.165) is 11.1 Å². The number of rotatable bonds is 3. The van der Waals surface area contributed by atoms with Crippen molar-refractivity contribution in [1.82, 2.24) is 4.90 Å². The lowest BCUT2D eigenvalue weighted by molar-refractivity contribution is -0.157. The zero-order chi connectivity index (χ0) is 15.0. The Morgan fingerprint density at radius 2 is 2.05 bits per heavy atom. The molecule has 1 amide bonds. The van der Waals surface area contributed by atoms with Crippen LogP contribution < -0.4 is 0 Å². The number of carbonyl (C=O) groups is 2. The van der Waals surface area contributed by atoms with E-state index >= 15 is 0 Å².